The summed E-state index contributed by atoms with van der Waals surface area (Å²) in [6.07, 6.45) is 0.894. The molecule has 1 aliphatic rings. The van der Waals surface area contributed by atoms with E-state index in [-0.39, 0.29) is 6.10 Å². The van der Waals surface area contributed by atoms with Gasteiger partial charge in [-0.1, -0.05) is 13.8 Å². The molecule has 0 aromatic carbocycles. The molecule has 1 fully saturated rings. The van der Waals surface area contributed by atoms with Gasteiger partial charge in [-0.15, -0.1) is 0 Å². The Morgan fingerprint density at radius 1 is 1.36 bits per heavy atom. The van der Waals surface area contributed by atoms with Gasteiger partial charge in [0.05, 0.1) is 6.10 Å². The lowest BCUT2D eigenvalue weighted by atomic mass is 10.3. The van der Waals surface area contributed by atoms with E-state index >= 15 is 0 Å². The Morgan fingerprint density at radius 2 is 1.91 bits per heavy atom. The van der Waals surface area contributed by atoms with Gasteiger partial charge in [-0.25, -0.2) is 0 Å². The molecule has 0 radical (unpaired) electrons. The van der Waals surface area contributed by atoms with Crippen LogP contribution in [0.5, 0.6) is 0 Å². The topological polar surface area (TPSA) is 23.5 Å². The molecule has 0 spiro atoms. The first-order valence-corrected chi connectivity index (χ1v) is 4.62. The third kappa shape index (κ3) is 3.73. The predicted molar refractivity (Wildman–Crippen MR) is 48.7 cm³/mol. The standard InChI is InChI=1S/C7H15NO.C2H6/c1-6(2)8-4-3-7(9)5-8;1-2/h6-7,9H,3-5H2,1-2H3;1-2H3. The summed E-state index contributed by atoms with van der Waals surface area (Å²) in [5.74, 6) is 0. The van der Waals surface area contributed by atoms with Gasteiger partial charge in [0.15, 0.2) is 0 Å². The molecule has 0 aromatic heterocycles. The summed E-state index contributed by atoms with van der Waals surface area (Å²) < 4.78 is 0. The molecular weight excluding hydrogens is 138 g/mol. The number of hydrogen-bond acceptors (Lipinski definition) is 2. The molecule has 1 rings (SSSR count). The summed E-state index contributed by atoms with van der Waals surface area (Å²) in [5, 5.41) is 9.11. The highest BCUT2D eigenvalue weighted by Crippen LogP contribution is 2.11. The molecule has 2 nitrogen and oxygen atoms in total. The van der Waals surface area contributed by atoms with Crippen molar-refractivity contribution in [3.05, 3.63) is 0 Å². The van der Waals surface area contributed by atoms with E-state index < -0.39 is 0 Å². The molecule has 1 N–H and O–H groups in total. The lowest BCUT2D eigenvalue weighted by Crippen LogP contribution is -2.28. The smallest absolute Gasteiger partial charge is 0.0679 e. The lowest BCUT2D eigenvalue weighted by Gasteiger charge is -2.18. The summed E-state index contributed by atoms with van der Waals surface area (Å²) in [4.78, 5) is 2.30. The van der Waals surface area contributed by atoms with Gasteiger partial charge >= 0.3 is 0 Å². The Kier molecular flexibility index (Phi) is 5.51. The molecule has 11 heavy (non-hydrogen) atoms. The van der Waals surface area contributed by atoms with Crippen LogP contribution in [-0.2, 0) is 0 Å². The van der Waals surface area contributed by atoms with Crippen molar-refractivity contribution in [2.45, 2.75) is 46.3 Å². The van der Waals surface area contributed by atoms with Crippen molar-refractivity contribution in [2.75, 3.05) is 13.1 Å². The van der Waals surface area contributed by atoms with Gasteiger partial charge in [0.2, 0.25) is 0 Å². The molecule has 1 atom stereocenters. The quantitative estimate of drug-likeness (QED) is 0.626. The van der Waals surface area contributed by atoms with Crippen molar-refractivity contribution in [3.8, 4) is 0 Å². The van der Waals surface area contributed by atoms with Crippen LogP contribution in [0.25, 0.3) is 0 Å². The maximum absolute atomic E-state index is 9.11. The summed E-state index contributed by atoms with van der Waals surface area (Å²) >= 11 is 0. The Balaban J connectivity index is 0.000000461. The van der Waals surface area contributed by atoms with Crippen molar-refractivity contribution in [1.29, 1.82) is 0 Å². The third-order valence-electron chi connectivity index (χ3n) is 1.93. The molecular formula is C9H21NO. The highest BCUT2D eigenvalue weighted by molar-refractivity contribution is 4.76. The van der Waals surface area contributed by atoms with Crippen LogP contribution in [0, 0.1) is 0 Å². The van der Waals surface area contributed by atoms with Gasteiger partial charge in [-0.2, -0.15) is 0 Å². The first kappa shape index (κ1) is 10.9. The fraction of sp³-hybridized carbons (Fsp3) is 1.00. The molecule has 1 heterocycles. The summed E-state index contributed by atoms with van der Waals surface area (Å²) in [6, 6.07) is 0.599. The van der Waals surface area contributed by atoms with Gasteiger partial charge in [-0.3, -0.25) is 4.90 Å². The maximum Gasteiger partial charge on any atom is 0.0679 e. The van der Waals surface area contributed by atoms with Crippen molar-refractivity contribution < 1.29 is 5.11 Å². The van der Waals surface area contributed by atoms with Crippen LogP contribution in [0.3, 0.4) is 0 Å². The minimum Gasteiger partial charge on any atom is -0.392 e. The SMILES string of the molecule is CC.CC(C)N1CCC(O)C1. The molecule has 1 unspecified atom stereocenters. The van der Waals surface area contributed by atoms with Crippen LogP contribution >= 0.6 is 0 Å². The second-order valence-electron chi connectivity index (χ2n) is 3.03. The van der Waals surface area contributed by atoms with Crippen LogP contribution < -0.4 is 0 Å². The van der Waals surface area contributed by atoms with Gasteiger partial charge in [0.25, 0.3) is 0 Å². The van der Waals surface area contributed by atoms with E-state index in [4.69, 9.17) is 5.11 Å². The van der Waals surface area contributed by atoms with Gasteiger partial charge in [0.1, 0.15) is 0 Å². The van der Waals surface area contributed by atoms with Gasteiger partial charge < -0.3 is 5.11 Å². The first-order valence-electron chi connectivity index (χ1n) is 4.62. The summed E-state index contributed by atoms with van der Waals surface area (Å²) in [7, 11) is 0. The first-order chi connectivity index (χ1) is 5.20. The molecule has 0 bridgehead atoms. The van der Waals surface area contributed by atoms with Crippen LogP contribution in [0.4, 0.5) is 0 Å². The molecule has 0 amide bonds. The van der Waals surface area contributed by atoms with E-state index in [9.17, 15) is 0 Å². The predicted octanol–water partition coefficient (Wildman–Crippen LogP) is 1.49. The van der Waals surface area contributed by atoms with Crippen LogP contribution in [0.2, 0.25) is 0 Å². The van der Waals surface area contributed by atoms with E-state index in [0.29, 0.717) is 6.04 Å². The highest BCUT2D eigenvalue weighted by atomic mass is 16.3. The lowest BCUT2D eigenvalue weighted by molar-refractivity contribution is 0.166. The average molecular weight is 159 g/mol. The molecule has 1 saturated heterocycles. The number of likely N-dealkylation sites (tertiary alicyclic amines) is 1. The van der Waals surface area contributed by atoms with Crippen molar-refractivity contribution in [2.24, 2.45) is 0 Å². The molecule has 0 saturated carbocycles. The maximum atomic E-state index is 9.11. The van der Waals surface area contributed by atoms with Crippen LogP contribution in [0.15, 0.2) is 0 Å². The minimum absolute atomic E-state index is 0.0626. The third-order valence-corrected chi connectivity index (χ3v) is 1.93. The highest BCUT2D eigenvalue weighted by Gasteiger charge is 2.21. The Hall–Kier alpha value is -0.0800. The van der Waals surface area contributed by atoms with E-state index in [0.717, 1.165) is 19.5 Å². The molecule has 68 valence electrons. The van der Waals surface area contributed by atoms with Crippen molar-refractivity contribution >= 4 is 0 Å². The number of aliphatic hydroxyl groups is 1. The zero-order chi connectivity index (χ0) is 8.85. The van der Waals surface area contributed by atoms with Gasteiger partial charge in [-0.05, 0) is 20.3 Å². The summed E-state index contributed by atoms with van der Waals surface area (Å²) in [5.41, 5.74) is 0. The normalized spacial score (nSPS) is 25.1. The second kappa shape index (κ2) is 5.56. The molecule has 2 heteroatoms. The van der Waals surface area contributed by atoms with Crippen LogP contribution in [0.1, 0.15) is 34.1 Å². The monoisotopic (exact) mass is 159 g/mol. The van der Waals surface area contributed by atoms with E-state index in [1.807, 2.05) is 13.8 Å². The fourth-order valence-electron chi connectivity index (χ4n) is 1.24. The van der Waals surface area contributed by atoms with Crippen molar-refractivity contribution in [1.82, 2.24) is 4.90 Å². The van der Waals surface area contributed by atoms with Gasteiger partial charge in [0, 0.05) is 19.1 Å². The zero-order valence-electron chi connectivity index (χ0n) is 8.17. The number of hydrogen-bond donors (Lipinski definition) is 1. The van der Waals surface area contributed by atoms with E-state index in [2.05, 4.69) is 18.7 Å². The van der Waals surface area contributed by atoms with Crippen LogP contribution in [-0.4, -0.2) is 35.2 Å². The number of aliphatic hydroxyl groups excluding tert-OH is 1. The zero-order valence-corrected chi connectivity index (χ0v) is 8.17. The second-order valence-corrected chi connectivity index (χ2v) is 3.03. The van der Waals surface area contributed by atoms with Crippen molar-refractivity contribution in [3.63, 3.8) is 0 Å². The Morgan fingerprint density at radius 3 is 2.09 bits per heavy atom. The number of rotatable bonds is 1. The fourth-order valence-corrected chi connectivity index (χ4v) is 1.24. The van der Waals surface area contributed by atoms with E-state index in [1.165, 1.54) is 0 Å². The number of nitrogens with zero attached hydrogens (tertiary/aromatic N) is 1. The largest absolute Gasteiger partial charge is 0.392 e. The number of β-amino-alcohol motifs (C(OH)–C–C–N with tert-alkyl or cyclic N) is 1. The molecule has 1 aliphatic heterocycles. The summed E-state index contributed by atoms with van der Waals surface area (Å²) in [6.45, 7) is 10.3. The Bertz CT molecular complexity index is 93.6. The average Bonchev–Trinajstić information content (AvgIpc) is 2.40. The minimum atomic E-state index is -0.0626. The molecule has 0 aromatic rings. The Labute approximate surface area is 70.2 Å². The van der Waals surface area contributed by atoms with E-state index in [1.54, 1.807) is 0 Å². The molecule has 0 aliphatic carbocycles.